The van der Waals surface area contributed by atoms with Gasteiger partial charge in [0.1, 0.15) is 0 Å². The molecule has 0 radical (unpaired) electrons. The molecule has 1 N–H and O–H groups in total. The normalized spacial score (nSPS) is 11.9. The molecule has 72 valence electrons. The van der Waals surface area contributed by atoms with Crippen LogP contribution in [0.1, 0.15) is 5.69 Å². The minimum Gasteiger partial charge on any atom is -0.690 e. The van der Waals surface area contributed by atoms with Gasteiger partial charge in [-0.15, -0.1) is 14.6 Å². The fraction of sp³-hybridized carbons (Fsp3) is 0.250. The molecule has 2 rings (SSSR count). The summed E-state index contributed by atoms with van der Waals surface area (Å²) in [6, 6.07) is 0. The van der Waals surface area contributed by atoms with Gasteiger partial charge in [0, 0.05) is 0 Å². The third-order valence-electron chi connectivity index (χ3n) is 1.32. The summed E-state index contributed by atoms with van der Waals surface area (Å²) in [4.78, 5) is 0.205. The molecule has 0 saturated carbocycles. The van der Waals surface area contributed by atoms with Crippen LogP contribution in [0.5, 0.6) is 0 Å². The van der Waals surface area contributed by atoms with Gasteiger partial charge in [-0.05, 0) is 22.4 Å². The number of rotatable bonds is 2. The van der Waals surface area contributed by atoms with Gasteiger partial charge in [-0.3, -0.25) is 0 Å². The zero-order valence-electron chi connectivity index (χ0n) is 6.95. The molecule has 0 aliphatic rings. The van der Waals surface area contributed by atoms with Crippen molar-refractivity contribution in [3.8, 4) is 0 Å². The molecule has 0 saturated heterocycles. The largest absolute Gasteiger partial charge is 0.690 e. The Labute approximate surface area is 76.2 Å². The van der Waals surface area contributed by atoms with E-state index in [0.29, 0.717) is 5.69 Å². The van der Waals surface area contributed by atoms with Crippen molar-refractivity contribution >= 4 is 11.8 Å². The average Bonchev–Trinajstić information content (AvgIpc) is 2.75. The second-order valence-corrected chi connectivity index (χ2v) is 2.26. The van der Waals surface area contributed by atoms with Crippen molar-refractivity contribution in [2.24, 2.45) is 5.11 Å². The standard InChI is InChI=1S/C4H4N8O2/c1-2-3(9-14-8-2)12(13)7-4-5-10-11-6-4/h1H3,(H,5,6,10,11). The average molecular weight is 196 g/mol. The Morgan fingerprint density at radius 2 is 2.36 bits per heavy atom. The molecule has 0 fully saturated rings. The zero-order chi connectivity index (χ0) is 9.97. The summed E-state index contributed by atoms with van der Waals surface area (Å²) in [7, 11) is 0. The lowest BCUT2D eigenvalue weighted by Gasteiger charge is -1.96. The molecule has 0 aliphatic heterocycles. The first-order valence-electron chi connectivity index (χ1n) is 3.49. The first-order valence-corrected chi connectivity index (χ1v) is 3.49. The van der Waals surface area contributed by atoms with Crippen LogP contribution in [-0.2, 0) is 0 Å². The van der Waals surface area contributed by atoms with Gasteiger partial charge in [-0.2, -0.15) is 5.21 Å². The van der Waals surface area contributed by atoms with Crippen molar-refractivity contribution in [1.29, 1.82) is 0 Å². The second-order valence-electron chi connectivity index (χ2n) is 2.26. The van der Waals surface area contributed by atoms with E-state index in [1.54, 1.807) is 6.92 Å². The minimum absolute atomic E-state index is 0.0465. The lowest BCUT2D eigenvalue weighted by atomic mass is 10.5. The first kappa shape index (κ1) is 8.22. The molecule has 2 aromatic heterocycles. The molecule has 14 heavy (non-hydrogen) atoms. The molecule has 0 aliphatic carbocycles. The number of aromatic amines is 1. The van der Waals surface area contributed by atoms with Crippen LogP contribution in [0, 0.1) is 12.1 Å². The molecular formula is C4H4N8O2. The highest BCUT2D eigenvalue weighted by Gasteiger charge is 2.16. The van der Waals surface area contributed by atoms with Crippen LogP contribution in [0.3, 0.4) is 0 Å². The predicted octanol–water partition coefficient (Wildman–Crippen LogP) is -0.183. The van der Waals surface area contributed by atoms with Crippen molar-refractivity contribution in [3.63, 3.8) is 0 Å². The summed E-state index contributed by atoms with van der Waals surface area (Å²) < 4.78 is 4.32. The van der Waals surface area contributed by atoms with Crippen molar-refractivity contribution < 1.29 is 9.49 Å². The molecule has 2 heterocycles. The maximum absolute atomic E-state index is 11.3. The monoisotopic (exact) mass is 196 g/mol. The van der Waals surface area contributed by atoms with Crippen LogP contribution in [-0.4, -0.2) is 35.8 Å². The Bertz CT molecular complexity index is 444. The molecule has 0 bridgehead atoms. The van der Waals surface area contributed by atoms with Crippen LogP contribution < -0.4 is 0 Å². The van der Waals surface area contributed by atoms with E-state index in [4.69, 9.17) is 0 Å². The number of aromatic nitrogens is 6. The first-order chi connectivity index (χ1) is 6.77. The Morgan fingerprint density at radius 1 is 1.50 bits per heavy atom. The molecule has 10 nitrogen and oxygen atoms in total. The van der Waals surface area contributed by atoms with E-state index >= 15 is 0 Å². The summed E-state index contributed by atoms with van der Waals surface area (Å²) in [6.45, 7) is 1.56. The summed E-state index contributed by atoms with van der Waals surface area (Å²) >= 11 is 0. The van der Waals surface area contributed by atoms with E-state index in [9.17, 15) is 5.21 Å². The Hall–Kier alpha value is -2.39. The van der Waals surface area contributed by atoms with Gasteiger partial charge in [0.25, 0.3) is 0 Å². The maximum Gasteiger partial charge on any atom is 0.421 e. The fourth-order valence-corrected chi connectivity index (χ4v) is 0.728. The Morgan fingerprint density at radius 3 is 2.93 bits per heavy atom. The molecule has 0 amide bonds. The SMILES string of the molecule is Cc1nonc1[N+]([O-])=Nc1nn[nH]n1. The quantitative estimate of drug-likeness (QED) is 0.400. The van der Waals surface area contributed by atoms with Gasteiger partial charge in [0.15, 0.2) is 10.9 Å². The Kier molecular flexibility index (Phi) is 1.86. The van der Waals surface area contributed by atoms with Gasteiger partial charge in [-0.25, -0.2) is 0 Å². The van der Waals surface area contributed by atoms with Crippen molar-refractivity contribution in [2.45, 2.75) is 6.92 Å². The molecule has 0 atom stereocenters. The molecule has 0 aromatic carbocycles. The molecular weight excluding hydrogens is 192 g/mol. The smallest absolute Gasteiger partial charge is 0.421 e. The van der Waals surface area contributed by atoms with E-state index in [0.717, 1.165) is 0 Å². The zero-order valence-corrected chi connectivity index (χ0v) is 6.95. The van der Waals surface area contributed by atoms with Crippen molar-refractivity contribution in [3.05, 3.63) is 10.9 Å². The van der Waals surface area contributed by atoms with Gasteiger partial charge >= 0.3 is 11.8 Å². The third kappa shape index (κ3) is 1.39. The second kappa shape index (κ2) is 3.16. The minimum atomic E-state index is -0.0950. The van der Waals surface area contributed by atoms with Gasteiger partial charge < -0.3 is 5.21 Å². The lowest BCUT2D eigenvalue weighted by molar-refractivity contribution is -0.441. The van der Waals surface area contributed by atoms with E-state index < -0.39 is 0 Å². The number of H-pyrrole nitrogens is 1. The van der Waals surface area contributed by atoms with Crippen molar-refractivity contribution in [1.82, 2.24) is 30.9 Å². The number of hydrogen-bond donors (Lipinski definition) is 1. The van der Waals surface area contributed by atoms with Gasteiger partial charge in [0.2, 0.25) is 0 Å². The molecule has 0 unspecified atom stereocenters. The summed E-state index contributed by atoms with van der Waals surface area (Å²) in [5.41, 5.74) is 0.326. The Balaban J connectivity index is 2.33. The van der Waals surface area contributed by atoms with Crippen LogP contribution in [0.4, 0.5) is 11.8 Å². The highest BCUT2D eigenvalue weighted by atomic mass is 16.6. The van der Waals surface area contributed by atoms with Crippen molar-refractivity contribution in [2.75, 3.05) is 0 Å². The van der Waals surface area contributed by atoms with Crippen LogP contribution in [0.25, 0.3) is 0 Å². The van der Waals surface area contributed by atoms with Gasteiger partial charge in [-0.1, -0.05) is 5.10 Å². The summed E-state index contributed by atoms with van der Waals surface area (Å²) in [5.74, 6) is -0.141. The van der Waals surface area contributed by atoms with Crippen LogP contribution >= 0.6 is 0 Å². The fourth-order valence-electron chi connectivity index (χ4n) is 0.728. The highest BCUT2D eigenvalue weighted by molar-refractivity contribution is 5.20. The number of aryl methyl sites for hydroxylation is 1. The number of nitrogens with zero attached hydrogens (tertiary/aromatic N) is 7. The van der Waals surface area contributed by atoms with Crippen LogP contribution in [0.2, 0.25) is 0 Å². The number of tetrazole rings is 1. The number of hydrogen-bond acceptors (Lipinski definition) is 8. The number of azo groups is 1. The molecule has 10 heteroatoms. The maximum atomic E-state index is 11.3. The molecule has 2 aromatic rings. The lowest BCUT2D eigenvalue weighted by Crippen LogP contribution is -1.93. The van der Waals surface area contributed by atoms with Crippen LogP contribution in [0.15, 0.2) is 9.74 Å². The van der Waals surface area contributed by atoms with E-state index in [2.05, 4.69) is 40.7 Å². The third-order valence-corrected chi connectivity index (χ3v) is 1.32. The van der Waals surface area contributed by atoms with Gasteiger partial charge in [0.05, 0.1) is 0 Å². The highest BCUT2D eigenvalue weighted by Crippen LogP contribution is 2.13. The van der Waals surface area contributed by atoms with E-state index in [-0.39, 0.29) is 16.6 Å². The summed E-state index contributed by atoms with van der Waals surface area (Å²) in [6.07, 6.45) is 0. The topological polar surface area (TPSA) is 132 Å². The molecule has 0 spiro atoms. The predicted molar refractivity (Wildman–Crippen MR) is 38.6 cm³/mol. The summed E-state index contributed by atoms with van der Waals surface area (Å²) in [5, 5.41) is 33.7. The van der Waals surface area contributed by atoms with E-state index in [1.807, 2.05) is 0 Å². The van der Waals surface area contributed by atoms with E-state index in [1.165, 1.54) is 0 Å². The number of nitrogens with one attached hydrogen (secondary N) is 1.